The van der Waals surface area contributed by atoms with E-state index in [0.717, 1.165) is 6.42 Å². The van der Waals surface area contributed by atoms with Crippen molar-refractivity contribution in [1.29, 1.82) is 0 Å². The SMILES string of the molecule is CC(C)=CCC[C@]1(C)[C@@H](CC=C(C)C)C[C@]2(C)C(=O)C3=C(O[C@H](C(C)(C)O)C3)[C@@]1(C(=O)C(C)C)C2=O. The molecule has 1 aliphatic heterocycles. The lowest BCUT2D eigenvalue weighted by Crippen LogP contribution is -2.69. The van der Waals surface area contributed by atoms with Crippen LogP contribution in [-0.2, 0) is 19.1 Å². The third kappa shape index (κ3) is 4.15. The highest BCUT2D eigenvalue weighted by Crippen LogP contribution is 2.69. The molecule has 5 heteroatoms. The Hall–Kier alpha value is -2.01. The second-order valence-electron chi connectivity index (χ2n) is 13.2. The summed E-state index contributed by atoms with van der Waals surface area (Å²) in [5.41, 5.74) is -2.01. The maximum absolute atomic E-state index is 14.7. The predicted molar refractivity (Wildman–Crippen MR) is 142 cm³/mol. The first-order valence-electron chi connectivity index (χ1n) is 13.5. The van der Waals surface area contributed by atoms with Crippen molar-refractivity contribution in [1.82, 2.24) is 0 Å². The molecule has 2 bridgehead atoms. The van der Waals surface area contributed by atoms with Gasteiger partial charge < -0.3 is 9.84 Å². The summed E-state index contributed by atoms with van der Waals surface area (Å²) in [4.78, 5) is 43.1. The van der Waals surface area contributed by atoms with Gasteiger partial charge in [-0.1, -0.05) is 44.1 Å². The Morgan fingerprint density at radius 2 is 1.69 bits per heavy atom. The van der Waals surface area contributed by atoms with Gasteiger partial charge in [-0.3, -0.25) is 14.4 Å². The maximum atomic E-state index is 14.7. The van der Waals surface area contributed by atoms with Gasteiger partial charge in [-0.15, -0.1) is 0 Å². The Morgan fingerprint density at radius 1 is 1.11 bits per heavy atom. The zero-order valence-electron chi connectivity index (χ0n) is 24.0. The molecule has 0 aromatic heterocycles. The molecule has 1 fully saturated rings. The van der Waals surface area contributed by atoms with Crippen LogP contribution in [0.2, 0.25) is 0 Å². The molecule has 0 aromatic carbocycles. The lowest BCUT2D eigenvalue weighted by Gasteiger charge is -2.60. The normalized spacial score (nSPS) is 33.9. The van der Waals surface area contributed by atoms with E-state index in [1.54, 1.807) is 20.8 Å². The Labute approximate surface area is 217 Å². The molecule has 0 radical (unpaired) electrons. The number of ether oxygens (including phenoxy) is 1. The maximum Gasteiger partial charge on any atom is 0.175 e. The molecule has 2 aliphatic carbocycles. The first-order chi connectivity index (χ1) is 16.4. The Kier molecular flexibility index (Phi) is 7.44. The van der Waals surface area contributed by atoms with Gasteiger partial charge in [0.1, 0.15) is 11.9 Å². The van der Waals surface area contributed by atoms with E-state index < -0.39 is 33.9 Å². The third-order valence-corrected chi connectivity index (χ3v) is 9.00. The van der Waals surface area contributed by atoms with Gasteiger partial charge in [-0.05, 0) is 85.5 Å². The number of carbonyl (C=O) groups excluding carboxylic acids is 3. The molecule has 0 amide bonds. The summed E-state index contributed by atoms with van der Waals surface area (Å²) in [5.74, 6) is -0.947. The topological polar surface area (TPSA) is 80.7 Å². The van der Waals surface area contributed by atoms with Gasteiger partial charge >= 0.3 is 0 Å². The van der Waals surface area contributed by atoms with Crippen LogP contribution in [0.25, 0.3) is 0 Å². The molecule has 1 saturated carbocycles. The molecule has 0 spiro atoms. The van der Waals surface area contributed by atoms with E-state index in [1.807, 2.05) is 27.7 Å². The van der Waals surface area contributed by atoms with E-state index in [0.29, 0.717) is 24.8 Å². The number of hydrogen-bond donors (Lipinski definition) is 1. The van der Waals surface area contributed by atoms with Crippen LogP contribution in [0.3, 0.4) is 0 Å². The molecule has 0 unspecified atom stereocenters. The van der Waals surface area contributed by atoms with E-state index >= 15 is 0 Å². The van der Waals surface area contributed by atoms with E-state index in [2.05, 4.69) is 32.9 Å². The minimum Gasteiger partial charge on any atom is -0.489 e. The van der Waals surface area contributed by atoms with Crippen LogP contribution < -0.4 is 0 Å². The number of Topliss-reactive ketones (excluding diaryl/α,β-unsaturated/α-hetero) is 3. The summed E-state index contributed by atoms with van der Waals surface area (Å²) in [7, 11) is 0. The van der Waals surface area contributed by atoms with E-state index in [4.69, 9.17) is 4.74 Å². The number of rotatable bonds is 8. The molecule has 1 N–H and O–H groups in total. The fourth-order valence-electron chi connectivity index (χ4n) is 6.83. The van der Waals surface area contributed by atoms with Crippen LogP contribution in [0.15, 0.2) is 34.6 Å². The van der Waals surface area contributed by atoms with Crippen molar-refractivity contribution < 1.29 is 24.2 Å². The van der Waals surface area contributed by atoms with Crippen LogP contribution in [0, 0.1) is 28.1 Å². The second-order valence-corrected chi connectivity index (χ2v) is 13.2. The van der Waals surface area contributed by atoms with Crippen molar-refractivity contribution in [3.05, 3.63) is 34.6 Å². The van der Waals surface area contributed by atoms with Crippen LogP contribution in [-0.4, -0.2) is 34.2 Å². The summed E-state index contributed by atoms with van der Waals surface area (Å²) in [5, 5.41) is 10.8. The summed E-state index contributed by atoms with van der Waals surface area (Å²) >= 11 is 0. The summed E-state index contributed by atoms with van der Waals surface area (Å²) in [6, 6.07) is 0. The van der Waals surface area contributed by atoms with Gasteiger partial charge in [0.2, 0.25) is 0 Å². The first-order valence-corrected chi connectivity index (χ1v) is 13.5. The van der Waals surface area contributed by atoms with Crippen molar-refractivity contribution in [2.75, 3.05) is 0 Å². The van der Waals surface area contributed by atoms with Crippen molar-refractivity contribution >= 4 is 17.3 Å². The molecule has 0 aromatic rings. The Bertz CT molecular complexity index is 1040. The largest absolute Gasteiger partial charge is 0.489 e. The van der Waals surface area contributed by atoms with E-state index in [1.165, 1.54) is 11.1 Å². The van der Waals surface area contributed by atoms with Crippen LogP contribution in [0.5, 0.6) is 0 Å². The minimum absolute atomic E-state index is 0.0638. The fraction of sp³-hybridized carbons (Fsp3) is 0.710. The molecule has 3 rings (SSSR count). The molecule has 200 valence electrons. The highest BCUT2D eigenvalue weighted by molar-refractivity contribution is 6.27. The second kappa shape index (κ2) is 9.38. The minimum atomic E-state index is -1.55. The van der Waals surface area contributed by atoms with Gasteiger partial charge in [0.25, 0.3) is 0 Å². The van der Waals surface area contributed by atoms with E-state index in [-0.39, 0.29) is 35.4 Å². The average molecular weight is 499 g/mol. The standard InChI is InChI=1S/C31H46O5/c1-18(2)12-11-15-30(10)21(14-13-19(3)4)17-29(9)25(33)22-16-23(28(7,8)35)36-26(22)31(30,27(29)34)24(32)20(5)6/h12-13,20-21,23,35H,11,14-17H2,1-10H3/t21-,23-,29+,30+,31-/m0/s1. The number of allylic oxidation sites excluding steroid dienone is 5. The number of carbonyl (C=O) groups is 3. The predicted octanol–water partition coefficient (Wildman–Crippen LogP) is 6.30. The van der Waals surface area contributed by atoms with Crippen molar-refractivity contribution in [3.8, 4) is 0 Å². The van der Waals surface area contributed by atoms with Gasteiger partial charge in [-0.2, -0.15) is 0 Å². The summed E-state index contributed by atoms with van der Waals surface area (Å²) in [6.45, 7) is 19.0. The molecule has 5 atom stereocenters. The lowest BCUT2D eigenvalue weighted by atomic mass is 9.39. The van der Waals surface area contributed by atoms with Gasteiger partial charge in [0, 0.05) is 17.9 Å². The zero-order valence-corrected chi connectivity index (χ0v) is 24.0. The van der Waals surface area contributed by atoms with Crippen LogP contribution >= 0.6 is 0 Å². The van der Waals surface area contributed by atoms with Gasteiger partial charge in [-0.25, -0.2) is 0 Å². The smallest absolute Gasteiger partial charge is 0.175 e. The monoisotopic (exact) mass is 498 g/mol. The highest BCUT2D eigenvalue weighted by atomic mass is 16.5. The van der Waals surface area contributed by atoms with E-state index in [9.17, 15) is 19.5 Å². The van der Waals surface area contributed by atoms with Crippen molar-refractivity contribution in [3.63, 3.8) is 0 Å². The molecular formula is C31H46O5. The van der Waals surface area contributed by atoms with Crippen molar-refractivity contribution in [2.45, 2.75) is 113 Å². The Balaban J connectivity index is 2.38. The first kappa shape index (κ1) is 28.6. The molecule has 36 heavy (non-hydrogen) atoms. The molecule has 5 nitrogen and oxygen atoms in total. The molecule has 3 aliphatic rings. The zero-order chi connectivity index (χ0) is 27.4. The lowest BCUT2D eigenvalue weighted by molar-refractivity contribution is -0.180. The number of ketones is 3. The molecule has 1 heterocycles. The Morgan fingerprint density at radius 3 is 2.19 bits per heavy atom. The molecular weight excluding hydrogens is 452 g/mol. The molecule has 0 saturated heterocycles. The average Bonchev–Trinajstić information content (AvgIpc) is 3.20. The summed E-state index contributed by atoms with van der Waals surface area (Å²) < 4.78 is 6.41. The highest BCUT2D eigenvalue weighted by Gasteiger charge is 2.76. The van der Waals surface area contributed by atoms with Gasteiger partial charge in [0.15, 0.2) is 22.8 Å². The number of aliphatic hydroxyl groups is 1. The van der Waals surface area contributed by atoms with Crippen LogP contribution in [0.1, 0.15) is 101 Å². The van der Waals surface area contributed by atoms with Gasteiger partial charge in [0.05, 0.1) is 11.0 Å². The summed E-state index contributed by atoms with van der Waals surface area (Å²) in [6.07, 6.45) is 6.32. The third-order valence-electron chi connectivity index (χ3n) is 9.00. The van der Waals surface area contributed by atoms with Crippen molar-refractivity contribution in [2.24, 2.45) is 28.1 Å². The fourth-order valence-corrected chi connectivity index (χ4v) is 6.83. The van der Waals surface area contributed by atoms with Crippen LogP contribution in [0.4, 0.5) is 0 Å². The number of hydrogen-bond acceptors (Lipinski definition) is 5. The quantitative estimate of drug-likeness (QED) is 0.314. The number of fused-ring (bicyclic) bond motifs is 3.